The van der Waals surface area contributed by atoms with E-state index in [1.807, 2.05) is 24.3 Å². The van der Waals surface area contributed by atoms with Gasteiger partial charge in [-0.2, -0.15) is 0 Å². The van der Waals surface area contributed by atoms with Crippen molar-refractivity contribution < 1.29 is 14.2 Å². The summed E-state index contributed by atoms with van der Waals surface area (Å²) in [6.07, 6.45) is 5.36. The minimum Gasteiger partial charge on any atom is -0.507 e. The van der Waals surface area contributed by atoms with E-state index in [-0.39, 0.29) is 17.0 Å². The van der Waals surface area contributed by atoms with Gasteiger partial charge in [-0.05, 0) is 53.9 Å². The average Bonchev–Trinajstić information content (AvgIpc) is 3.45. The van der Waals surface area contributed by atoms with Gasteiger partial charge < -0.3 is 19.3 Å². The normalized spacial score (nSPS) is 19.1. The molecule has 1 aromatic heterocycles. The van der Waals surface area contributed by atoms with Gasteiger partial charge in [0.05, 0.1) is 22.9 Å². The molecular weight excluding hydrogens is 481 g/mol. The van der Waals surface area contributed by atoms with E-state index in [9.17, 15) is 14.3 Å². The van der Waals surface area contributed by atoms with E-state index in [2.05, 4.69) is 4.90 Å². The van der Waals surface area contributed by atoms with Crippen LogP contribution in [-0.4, -0.2) is 39.5 Å². The minimum atomic E-state index is -0.467. The van der Waals surface area contributed by atoms with Crippen molar-refractivity contribution in [3.8, 4) is 33.7 Å². The van der Waals surface area contributed by atoms with Crippen LogP contribution >= 0.6 is 11.6 Å². The molecule has 4 aromatic rings. The van der Waals surface area contributed by atoms with Gasteiger partial charge in [-0.3, -0.25) is 4.57 Å². The molecule has 2 fully saturated rings. The predicted molar refractivity (Wildman–Crippen MR) is 139 cm³/mol. The lowest BCUT2D eigenvalue weighted by Gasteiger charge is -2.38. The third-order valence-corrected chi connectivity index (χ3v) is 7.65. The van der Waals surface area contributed by atoms with Gasteiger partial charge >= 0.3 is 5.69 Å². The molecule has 184 valence electrons. The summed E-state index contributed by atoms with van der Waals surface area (Å²) in [7, 11) is 1.66. The lowest BCUT2D eigenvalue weighted by Crippen LogP contribution is -2.45. The second-order valence-corrected chi connectivity index (χ2v) is 9.99. The number of nitrogens with zero attached hydrogens (tertiary/aromatic N) is 3. The third-order valence-electron chi connectivity index (χ3n) is 7.34. The van der Waals surface area contributed by atoms with Crippen molar-refractivity contribution >= 4 is 17.3 Å². The van der Waals surface area contributed by atoms with E-state index in [1.54, 1.807) is 37.6 Å². The highest BCUT2D eigenvalue weighted by atomic mass is 35.5. The molecule has 1 N–H and O–H groups in total. The Morgan fingerprint density at radius 2 is 1.78 bits per heavy atom. The van der Waals surface area contributed by atoms with Crippen LogP contribution in [0.4, 0.5) is 10.1 Å². The molecule has 1 spiro atoms. The molecule has 0 bridgehead atoms. The zero-order valence-corrected chi connectivity index (χ0v) is 20.5. The lowest BCUT2D eigenvalue weighted by molar-refractivity contribution is -0.130. The van der Waals surface area contributed by atoms with Gasteiger partial charge in [-0.1, -0.05) is 29.8 Å². The number of ether oxygens (including phenoxy) is 1. The van der Waals surface area contributed by atoms with E-state index in [4.69, 9.17) is 16.3 Å². The number of halogens is 2. The largest absolute Gasteiger partial charge is 0.507 e. The Hall–Kier alpha value is -3.55. The quantitative estimate of drug-likeness (QED) is 0.405. The molecular formula is C28H25ClFN3O3. The topological polar surface area (TPSA) is 59.6 Å². The maximum absolute atomic E-state index is 14.8. The number of hydrogen-bond acceptors (Lipinski definition) is 4. The van der Waals surface area contributed by atoms with Crippen molar-refractivity contribution in [2.24, 2.45) is 7.05 Å². The number of aryl methyl sites for hydroxylation is 1. The van der Waals surface area contributed by atoms with E-state index in [0.29, 0.717) is 27.4 Å². The van der Waals surface area contributed by atoms with Crippen LogP contribution < -0.4 is 10.6 Å². The molecule has 3 aromatic carbocycles. The van der Waals surface area contributed by atoms with Gasteiger partial charge in [0.25, 0.3) is 0 Å². The molecule has 1 unspecified atom stereocenters. The molecule has 1 atom stereocenters. The second-order valence-electron chi connectivity index (χ2n) is 9.58. The number of imidazole rings is 1. The van der Waals surface area contributed by atoms with Gasteiger partial charge in [0.15, 0.2) is 0 Å². The Labute approximate surface area is 212 Å². The number of rotatable bonds is 4. The standard InChI is InChI=1S/C28H25ClFN3O3/c1-31-10-11-33(27(31)35)25-6-5-19(14-24(25)29)23-16-20(30)15-22(26(23)34)18-3-2-4-21(13-18)32-9-7-28(17-32)8-12-36-28/h2-6,10-11,13-16,34H,7-9,12,17H2,1H3. The predicted octanol–water partition coefficient (Wildman–Crippen LogP) is 5.38. The first-order valence-corrected chi connectivity index (χ1v) is 12.3. The van der Waals surface area contributed by atoms with Gasteiger partial charge in [0.1, 0.15) is 11.6 Å². The van der Waals surface area contributed by atoms with Crippen molar-refractivity contribution in [2.45, 2.75) is 18.4 Å². The maximum atomic E-state index is 14.8. The van der Waals surface area contributed by atoms with E-state index in [1.165, 1.54) is 21.3 Å². The molecule has 2 saturated heterocycles. The van der Waals surface area contributed by atoms with Crippen LogP contribution in [0.25, 0.3) is 27.9 Å². The third kappa shape index (κ3) is 3.79. The Balaban J connectivity index is 1.36. The molecule has 0 amide bonds. The summed E-state index contributed by atoms with van der Waals surface area (Å²) in [6, 6.07) is 15.5. The number of phenolic OH excluding ortho intramolecular Hbond substituents is 1. The summed E-state index contributed by atoms with van der Waals surface area (Å²) in [5.74, 6) is -0.500. The first-order chi connectivity index (χ1) is 17.3. The summed E-state index contributed by atoms with van der Waals surface area (Å²) < 4.78 is 23.5. The highest BCUT2D eigenvalue weighted by Gasteiger charge is 2.44. The van der Waals surface area contributed by atoms with Crippen LogP contribution in [0.5, 0.6) is 5.75 Å². The molecule has 3 heterocycles. The maximum Gasteiger partial charge on any atom is 0.332 e. The fourth-order valence-corrected chi connectivity index (χ4v) is 5.48. The second kappa shape index (κ2) is 8.54. The smallest absolute Gasteiger partial charge is 0.332 e. The van der Waals surface area contributed by atoms with Crippen LogP contribution in [0.15, 0.2) is 71.8 Å². The van der Waals surface area contributed by atoms with E-state index >= 15 is 0 Å². The summed E-state index contributed by atoms with van der Waals surface area (Å²) in [5.41, 5.74) is 3.27. The minimum absolute atomic E-state index is 0.0273. The van der Waals surface area contributed by atoms with Gasteiger partial charge in [-0.25, -0.2) is 9.18 Å². The Kier molecular flexibility index (Phi) is 5.43. The molecule has 8 heteroatoms. The lowest BCUT2D eigenvalue weighted by atomic mass is 9.94. The number of anilines is 1. The van der Waals surface area contributed by atoms with Crippen LogP contribution in [0, 0.1) is 5.82 Å². The average molecular weight is 506 g/mol. The molecule has 6 rings (SSSR count). The number of benzene rings is 3. The zero-order valence-electron chi connectivity index (χ0n) is 19.7. The summed E-state index contributed by atoms with van der Waals surface area (Å²) in [5, 5.41) is 11.5. The van der Waals surface area contributed by atoms with Crippen LogP contribution in [0.3, 0.4) is 0 Å². The molecule has 0 radical (unpaired) electrons. The molecule has 2 aliphatic rings. The SMILES string of the molecule is Cn1ccn(-c2ccc(-c3cc(F)cc(-c4cccc(N5CCC6(CCO6)C5)c4)c3O)cc2Cl)c1=O. The Bertz CT molecular complexity index is 1540. The van der Waals surface area contributed by atoms with Gasteiger partial charge in [0.2, 0.25) is 0 Å². The van der Waals surface area contributed by atoms with Crippen molar-refractivity contribution in [3.05, 3.63) is 88.3 Å². The van der Waals surface area contributed by atoms with Crippen molar-refractivity contribution in [2.75, 3.05) is 24.6 Å². The van der Waals surface area contributed by atoms with Crippen LogP contribution in [-0.2, 0) is 11.8 Å². The van der Waals surface area contributed by atoms with Gasteiger partial charge in [0, 0.05) is 55.8 Å². The van der Waals surface area contributed by atoms with E-state index < -0.39 is 5.82 Å². The molecule has 36 heavy (non-hydrogen) atoms. The fraction of sp³-hybridized carbons (Fsp3) is 0.250. The number of phenols is 1. The number of hydrogen-bond donors (Lipinski definition) is 1. The summed E-state index contributed by atoms with van der Waals surface area (Å²) in [4.78, 5) is 14.6. The fourth-order valence-electron chi connectivity index (χ4n) is 5.20. The van der Waals surface area contributed by atoms with Crippen LogP contribution in [0.1, 0.15) is 12.8 Å². The highest BCUT2D eigenvalue weighted by molar-refractivity contribution is 6.32. The summed E-state index contributed by atoms with van der Waals surface area (Å²) in [6.45, 7) is 2.56. The van der Waals surface area contributed by atoms with Crippen molar-refractivity contribution in [1.82, 2.24) is 9.13 Å². The highest BCUT2D eigenvalue weighted by Crippen LogP contribution is 2.42. The van der Waals surface area contributed by atoms with Crippen molar-refractivity contribution in [3.63, 3.8) is 0 Å². The molecule has 2 aliphatic heterocycles. The number of aromatic hydroxyl groups is 1. The molecule has 0 aliphatic carbocycles. The number of aromatic nitrogens is 2. The first-order valence-electron chi connectivity index (χ1n) is 11.9. The zero-order chi connectivity index (χ0) is 25.0. The van der Waals surface area contributed by atoms with Gasteiger partial charge in [-0.15, -0.1) is 0 Å². The molecule has 6 nitrogen and oxygen atoms in total. The Morgan fingerprint density at radius 3 is 2.39 bits per heavy atom. The first kappa shape index (κ1) is 22.9. The van der Waals surface area contributed by atoms with E-state index in [0.717, 1.165) is 43.8 Å². The molecule has 0 saturated carbocycles. The van der Waals surface area contributed by atoms with Crippen molar-refractivity contribution in [1.29, 1.82) is 0 Å². The Morgan fingerprint density at radius 1 is 1.03 bits per heavy atom. The monoisotopic (exact) mass is 505 g/mol. The summed E-state index contributed by atoms with van der Waals surface area (Å²) >= 11 is 6.52. The van der Waals surface area contributed by atoms with Crippen LogP contribution in [0.2, 0.25) is 5.02 Å².